The lowest BCUT2D eigenvalue weighted by Gasteiger charge is -2.00. The number of unbranched alkanes of at least 4 members (excludes halogenated alkanes) is 20. The highest BCUT2D eigenvalue weighted by Crippen LogP contribution is 2.12. The fourth-order valence-electron chi connectivity index (χ4n) is 3.74. The van der Waals surface area contributed by atoms with Crippen molar-refractivity contribution in [1.82, 2.24) is 0 Å². The first-order valence-electron chi connectivity index (χ1n) is 13.9. The molecule has 0 aromatic rings. The molecule has 0 bridgehead atoms. The molecule has 0 heterocycles. The van der Waals surface area contributed by atoms with E-state index in [9.17, 15) is 0 Å². The summed E-state index contributed by atoms with van der Waals surface area (Å²) in [5.41, 5.74) is 0. The maximum Gasteiger partial charge on any atom is 0.00989 e. The molecule has 0 N–H and O–H groups in total. The van der Waals surface area contributed by atoms with Crippen LogP contribution in [0.5, 0.6) is 0 Å². The molecule has 0 amide bonds. The third-order valence-electron chi connectivity index (χ3n) is 5.80. The molecule has 0 unspecified atom stereocenters. The summed E-state index contributed by atoms with van der Waals surface area (Å²) in [5.74, 6) is 23.3. The van der Waals surface area contributed by atoms with E-state index < -0.39 is 0 Å². The second-order valence-corrected chi connectivity index (χ2v) is 8.97. The lowest BCUT2D eigenvalue weighted by molar-refractivity contribution is 0.558. The molecule has 0 spiro atoms. The highest BCUT2D eigenvalue weighted by atomic mass is 14.0. The van der Waals surface area contributed by atoms with Crippen LogP contribution in [-0.2, 0) is 0 Å². The third kappa shape index (κ3) is 28.2. The summed E-state index contributed by atoms with van der Waals surface area (Å²) < 4.78 is 0. The van der Waals surface area contributed by atoms with E-state index in [2.05, 4.69) is 61.2 Å². The zero-order chi connectivity index (χ0) is 23.2. The molecule has 0 aromatic carbocycles. The molecule has 0 aliphatic carbocycles. The van der Waals surface area contributed by atoms with Gasteiger partial charge in [-0.05, 0) is 48.4 Å². The average Bonchev–Trinajstić information content (AvgIpc) is 2.81. The van der Waals surface area contributed by atoms with Crippen LogP contribution in [0.2, 0.25) is 0 Å². The molecule has 0 saturated heterocycles. The first-order chi connectivity index (χ1) is 15.9. The first kappa shape index (κ1) is 30.2. The van der Waals surface area contributed by atoms with Crippen LogP contribution in [0, 0.1) is 47.4 Å². The van der Waals surface area contributed by atoms with E-state index in [0.29, 0.717) is 0 Å². The van der Waals surface area contributed by atoms with Gasteiger partial charge in [-0.15, -0.1) is 0 Å². The number of hydrogen-bond donors (Lipinski definition) is 0. The molecule has 0 radical (unpaired) electrons. The maximum atomic E-state index is 3.14. The van der Waals surface area contributed by atoms with Crippen molar-refractivity contribution in [3.8, 4) is 47.4 Å². The molecule has 0 aliphatic rings. The summed E-state index contributed by atoms with van der Waals surface area (Å²) in [6.07, 6.45) is 29.2. The van der Waals surface area contributed by atoms with Gasteiger partial charge in [0, 0.05) is 12.8 Å². The normalized spacial score (nSPS) is 9.44. The molecule has 0 aliphatic heterocycles. The van der Waals surface area contributed by atoms with E-state index in [1.165, 1.54) is 128 Å². The van der Waals surface area contributed by atoms with Gasteiger partial charge in [0.1, 0.15) is 0 Å². The topological polar surface area (TPSA) is 0 Å². The van der Waals surface area contributed by atoms with Gasteiger partial charge in [-0.3, -0.25) is 0 Å². The minimum absolute atomic E-state index is 0.956. The van der Waals surface area contributed by atoms with Gasteiger partial charge in [0.25, 0.3) is 0 Å². The molecule has 0 saturated carbocycles. The van der Waals surface area contributed by atoms with E-state index in [0.717, 1.165) is 12.8 Å². The van der Waals surface area contributed by atoms with Gasteiger partial charge in [0.05, 0.1) is 0 Å². The van der Waals surface area contributed by atoms with Crippen LogP contribution in [0.4, 0.5) is 0 Å². The van der Waals surface area contributed by atoms with Crippen LogP contribution >= 0.6 is 0 Å². The van der Waals surface area contributed by atoms with Crippen molar-refractivity contribution >= 4 is 0 Å². The molecule has 0 aromatic heterocycles. The summed E-state index contributed by atoms with van der Waals surface area (Å²) in [4.78, 5) is 0. The molecular formula is C32H50. The Morgan fingerprint density at radius 3 is 0.844 bits per heavy atom. The quantitative estimate of drug-likeness (QED) is 0.132. The van der Waals surface area contributed by atoms with E-state index in [4.69, 9.17) is 0 Å². The van der Waals surface area contributed by atoms with Gasteiger partial charge in [-0.25, -0.2) is 0 Å². The Bertz CT molecular complexity index is 564. The van der Waals surface area contributed by atoms with Gasteiger partial charge in [-0.1, -0.05) is 141 Å². The Kier molecular flexibility index (Phi) is 27.6. The summed E-state index contributed by atoms with van der Waals surface area (Å²) in [7, 11) is 0. The zero-order valence-electron chi connectivity index (χ0n) is 21.6. The summed E-state index contributed by atoms with van der Waals surface area (Å²) in [6, 6.07) is 0. The van der Waals surface area contributed by atoms with Crippen molar-refractivity contribution in [2.75, 3.05) is 0 Å². The Balaban J connectivity index is 3.44. The van der Waals surface area contributed by atoms with E-state index in [1.54, 1.807) is 0 Å². The van der Waals surface area contributed by atoms with Crippen LogP contribution in [0.3, 0.4) is 0 Å². The van der Waals surface area contributed by atoms with Crippen LogP contribution in [0.15, 0.2) is 0 Å². The summed E-state index contributed by atoms with van der Waals surface area (Å²) in [6.45, 7) is 4.55. The largest absolute Gasteiger partial charge is 0.0891 e. The van der Waals surface area contributed by atoms with Crippen molar-refractivity contribution < 1.29 is 0 Å². The molecule has 0 atom stereocenters. The zero-order valence-corrected chi connectivity index (χ0v) is 21.6. The van der Waals surface area contributed by atoms with Crippen LogP contribution in [0.1, 0.15) is 155 Å². The van der Waals surface area contributed by atoms with Crippen molar-refractivity contribution in [1.29, 1.82) is 0 Å². The van der Waals surface area contributed by atoms with E-state index in [1.807, 2.05) is 0 Å². The van der Waals surface area contributed by atoms with Crippen LogP contribution < -0.4 is 0 Å². The Morgan fingerprint density at radius 1 is 0.281 bits per heavy atom. The van der Waals surface area contributed by atoms with Crippen LogP contribution in [-0.4, -0.2) is 0 Å². The maximum absolute atomic E-state index is 3.14. The summed E-state index contributed by atoms with van der Waals surface area (Å²) in [5, 5.41) is 0. The molecule has 0 heteroatoms. The molecular weight excluding hydrogens is 384 g/mol. The van der Waals surface area contributed by atoms with Gasteiger partial charge >= 0.3 is 0 Å². The minimum atomic E-state index is 0.956. The predicted octanol–water partition coefficient (Wildman–Crippen LogP) is 9.62. The van der Waals surface area contributed by atoms with E-state index >= 15 is 0 Å². The molecule has 178 valence electrons. The van der Waals surface area contributed by atoms with Crippen LogP contribution in [0.25, 0.3) is 0 Å². The van der Waals surface area contributed by atoms with Crippen molar-refractivity contribution in [2.24, 2.45) is 0 Å². The second kappa shape index (κ2) is 29.2. The molecule has 0 nitrogen and oxygen atoms in total. The number of hydrogen-bond acceptors (Lipinski definition) is 0. The van der Waals surface area contributed by atoms with Gasteiger partial charge in [-0.2, -0.15) is 0 Å². The van der Waals surface area contributed by atoms with Gasteiger partial charge in [0.2, 0.25) is 0 Å². The molecule has 0 rings (SSSR count). The van der Waals surface area contributed by atoms with Crippen molar-refractivity contribution in [3.63, 3.8) is 0 Å². The van der Waals surface area contributed by atoms with Gasteiger partial charge < -0.3 is 0 Å². The average molecular weight is 435 g/mol. The predicted molar refractivity (Wildman–Crippen MR) is 144 cm³/mol. The SMILES string of the molecule is CCCCCCCCCCCCC#CC#CC#CC#CCCCCCCCCCCCC. The Morgan fingerprint density at radius 2 is 0.531 bits per heavy atom. The minimum Gasteiger partial charge on any atom is -0.0891 e. The third-order valence-corrected chi connectivity index (χ3v) is 5.80. The highest BCUT2D eigenvalue weighted by Gasteiger charge is 1.92. The fourth-order valence-corrected chi connectivity index (χ4v) is 3.74. The van der Waals surface area contributed by atoms with Gasteiger partial charge in [0.15, 0.2) is 0 Å². The lowest BCUT2D eigenvalue weighted by atomic mass is 10.1. The molecule has 32 heavy (non-hydrogen) atoms. The fraction of sp³-hybridized carbons (Fsp3) is 0.750. The molecule has 0 fully saturated rings. The van der Waals surface area contributed by atoms with E-state index in [-0.39, 0.29) is 0 Å². The standard InChI is InChI=1S/C32H50/c1-3-5-7-9-11-13-15-17-19-21-23-25-27-29-31-32-30-28-26-24-22-20-18-16-14-12-10-8-6-4-2/h3-24H2,1-2H3. The summed E-state index contributed by atoms with van der Waals surface area (Å²) >= 11 is 0. The van der Waals surface area contributed by atoms with Crippen molar-refractivity contribution in [3.05, 3.63) is 0 Å². The number of rotatable bonds is 20. The highest BCUT2D eigenvalue weighted by molar-refractivity contribution is 5.39. The lowest BCUT2D eigenvalue weighted by Crippen LogP contribution is -1.81. The first-order valence-corrected chi connectivity index (χ1v) is 13.9. The van der Waals surface area contributed by atoms with Crippen molar-refractivity contribution in [2.45, 2.75) is 155 Å². The second-order valence-electron chi connectivity index (χ2n) is 8.97. The smallest absolute Gasteiger partial charge is 0.00989 e. The monoisotopic (exact) mass is 434 g/mol. The Labute approximate surface area is 202 Å². The Hall–Kier alpha value is -1.76.